The van der Waals surface area contributed by atoms with Crippen molar-refractivity contribution < 1.29 is 14.3 Å². The van der Waals surface area contributed by atoms with Gasteiger partial charge in [0.15, 0.2) is 0 Å². The Balaban J connectivity index is 1.41. The summed E-state index contributed by atoms with van der Waals surface area (Å²) in [4.78, 5) is 29.7. The third kappa shape index (κ3) is 5.21. The van der Waals surface area contributed by atoms with E-state index < -0.39 is 0 Å². The number of piperazine rings is 1. The second-order valence-electron chi connectivity index (χ2n) is 8.06. The maximum Gasteiger partial charge on any atom is 0.259 e. The lowest BCUT2D eigenvalue weighted by Crippen LogP contribution is -2.49. The van der Waals surface area contributed by atoms with Crippen molar-refractivity contribution in [2.75, 3.05) is 43.5 Å². The summed E-state index contributed by atoms with van der Waals surface area (Å²) >= 11 is 9.97. The van der Waals surface area contributed by atoms with E-state index in [4.69, 9.17) is 16.3 Å². The van der Waals surface area contributed by atoms with Crippen LogP contribution in [0.4, 0.5) is 11.4 Å². The molecule has 34 heavy (non-hydrogen) atoms. The molecule has 0 atom stereocenters. The summed E-state index contributed by atoms with van der Waals surface area (Å²) in [6.45, 7) is 4.54. The zero-order chi connectivity index (χ0) is 24.2. The number of nitrogens with zero attached hydrogens (tertiary/aromatic N) is 2. The van der Waals surface area contributed by atoms with E-state index in [1.54, 1.807) is 18.2 Å². The number of carbonyl (C=O) groups excluding carboxylic acids is 2. The Morgan fingerprint density at radius 1 is 0.971 bits per heavy atom. The molecule has 6 nitrogen and oxygen atoms in total. The topological polar surface area (TPSA) is 61.9 Å². The fourth-order valence-electron chi connectivity index (χ4n) is 4.03. The van der Waals surface area contributed by atoms with Gasteiger partial charge in [0.05, 0.1) is 23.4 Å². The number of nitrogens with one attached hydrogen (secondary N) is 1. The quantitative estimate of drug-likeness (QED) is 0.454. The van der Waals surface area contributed by atoms with Crippen LogP contribution in [0.3, 0.4) is 0 Å². The highest BCUT2D eigenvalue weighted by Crippen LogP contribution is 2.31. The number of ether oxygens (including phenoxy) is 1. The molecule has 4 rings (SSSR count). The molecule has 8 heteroatoms. The number of amides is 2. The SMILES string of the molecule is COc1ccc(Br)cc1C(=O)Nc1ccc(N2CCN(C(=O)c3ccccc3C)CC2)c(Cl)c1. The van der Waals surface area contributed by atoms with E-state index >= 15 is 0 Å². The normalized spacial score (nSPS) is 13.5. The molecule has 1 N–H and O–H groups in total. The van der Waals surface area contributed by atoms with E-state index in [-0.39, 0.29) is 11.8 Å². The number of benzene rings is 3. The molecule has 0 unspecified atom stereocenters. The van der Waals surface area contributed by atoms with Crippen molar-refractivity contribution in [3.63, 3.8) is 0 Å². The van der Waals surface area contributed by atoms with Crippen LogP contribution in [0.2, 0.25) is 5.02 Å². The van der Waals surface area contributed by atoms with Gasteiger partial charge in [-0.25, -0.2) is 0 Å². The molecule has 1 aliphatic heterocycles. The Morgan fingerprint density at radius 3 is 2.38 bits per heavy atom. The first-order valence-corrected chi connectivity index (χ1v) is 12.1. The summed E-state index contributed by atoms with van der Waals surface area (Å²) in [6.07, 6.45) is 0. The van der Waals surface area contributed by atoms with Gasteiger partial charge in [0.1, 0.15) is 5.75 Å². The molecular weight excluding hydrogens is 518 g/mol. The zero-order valence-electron chi connectivity index (χ0n) is 19.0. The van der Waals surface area contributed by atoms with Gasteiger partial charge >= 0.3 is 0 Å². The molecule has 0 aliphatic carbocycles. The van der Waals surface area contributed by atoms with Gasteiger partial charge in [-0.05, 0) is 55.0 Å². The summed E-state index contributed by atoms with van der Waals surface area (Å²) in [5.41, 5.74) is 3.62. The van der Waals surface area contributed by atoms with Crippen molar-refractivity contribution in [2.45, 2.75) is 6.92 Å². The van der Waals surface area contributed by atoms with Crippen molar-refractivity contribution >= 4 is 50.7 Å². The number of hydrogen-bond acceptors (Lipinski definition) is 4. The highest BCUT2D eigenvalue weighted by atomic mass is 79.9. The maximum absolute atomic E-state index is 12.9. The third-order valence-electron chi connectivity index (χ3n) is 5.89. The van der Waals surface area contributed by atoms with Gasteiger partial charge in [0.2, 0.25) is 0 Å². The predicted octanol–water partition coefficient (Wildman–Crippen LogP) is 5.63. The summed E-state index contributed by atoms with van der Waals surface area (Å²) < 4.78 is 6.08. The molecule has 1 aliphatic rings. The lowest BCUT2D eigenvalue weighted by atomic mass is 10.1. The van der Waals surface area contributed by atoms with Crippen LogP contribution >= 0.6 is 27.5 Å². The van der Waals surface area contributed by atoms with E-state index in [1.165, 1.54) is 7.11 Å². The number of halogens is 2. The van der Waals surface area contributed by atoms with Crippen molar-refractivity contribution in [1.29, 1.82) is 0 Å². The molecule has 0 aromatic heterocycles. The molecule has 0 bridgehead atoms. The van der Waals surface area contributed by atoms with Gasteiger partial charge in [-0.2, -0.15) is 0 Å². The molecule has 3 aromatic rings. The first-order valence-electron chi connectivity index (χ1n) is 10.9. The fraction of sp³-hybridized carbons (Fsp3) is 0.231. The van der Waals surface area contributed by atoms with Crippen LogP contribution in [-0.4, -0.2) is 50.0 Å². The molecule has 1 saturated heterocycles. The number of rotatable bonds is 5. The van der Waals surface area contributed by atoms with Gasteiger partial charge in [-0.3, -0.25) is 9.59 Å². The van der Waals surface area contributed by atoms with Gasteiger partial charge < -0.3 is 19.9 Å². The Labute approximate surface area is 212 Å². The smallest absolute Gasteiger partial charge is 0.259 e. The van der Waals surface area contributed by atoms with Crippen LogP contribution < -0.4 is 15.0 Å². The average molecular weight is 543 g/mol. The second-order valence-corrected chi connectivity index (χ2v) is 9.38. The predicted molar refractivity (Wildman–Crippen MR) is 139 cm³/mol. The van der Waals surface area contributed by atoms with E-state index in [1.807, 2.05) is 54.3 Å². The van der Waals surface area contributed by atoms with Crippen LogP contribution in [0.5, 0.6) is 5.75 Å². The molecule has 3 aromatic carbocycles. The zero-order valence-corrected chi connectivity index (χ0v) is 21.3. The molecule has 176 valence electrons. The molecule has 0 spiro atoms. The highest BCUT2D eigenvalue weighted by Gasteiger charge is 2.24. The first kappa shape index (κ1) is 24.1. The fourth-order valence-corrected chi connectivity index (χ4v) is 4.69. The Hall–Kier alpha value is -3.03. The number of carbonyl (C=O) groups is 2. The monoisotopic (exact) mass is 541 g/mol. The summed E-state index contributed by atoms with van der Waals surface area (Å²) in [5, 5.41) is 3.42. The lowest BCUT2D eigenvalue weighted by molar-refractivity contribution is 0.0746. The maximum atomic E-state index is 12.9. The lowest BCUT2D eigenvalue weighted by Gasteiger charge is -2.36. The number of methoxy groups -OCH3 is 1. The van der Waals surface area contributed by atoms with E-state index in [0.29, 0.717) is 48.2 Å². The minimum Gasteiger partial charge on any atom is -0.496 e. The standard InChI is InChI=1S/C26H25BrClN3O3/c1-17-5-3-4-6-20(17)26(33)31-13-11-30(12-14-31)23-9-8-19(16-22(23)28)29-25(32)21-15-18(27)7-10-24(21)34-2/h3-10,15-16H,11-14H2,1-2H3,(H,29,32). The van der Waals surface area contributed by atoms with Gasteiger partial charge in [-0.15, -0.1) is 0 Å². The summed E-state index contributed by atoms with van der Waals surface area (Å²) in [5.74, 6) is 0.261. The van der Waals surface area contributed by atoms with Crippen LogP contribution in [0.1, 0.15) is 26.3 Å². The van der Waals surface area contributed by atoms with E-state index in [0.717, 1.165) is 21.3 Å². The van der Waals surface area contributed by atoms with Crippen LogP contribution in [0.25, 0.3) is 0 Å². The van der Waals surface area contributed by atoms with Crippen LogP contribution in [0.15, 0.2) is 65.1 Å². The second kappa shape index (κ2) is 10.5. The van der Waals surface area contributed by atoms with Gasteiger partial charge in [0, 0.05) is 41.9 Å². The molecule has 0 saturated carbocycles. The van der Waals surface area contributed by atoms with Gasteiger partial charge in [-0.1, -0.05) is 45.7 Å². The largest absolute Gasteiger partial charge is 0.496 e. The number of anilines is 2. The third-order valence-corrected chi connectivity index (χ3v) is 6.69. The average Bonchev–Trinajstić information content (AvgIpc) is 2.84. The van der Waals surface area contributed by atoms with Crippen molar-refractivity contribution in [1.82, 2.24) is 4.90 Å². The van der Waals surface area contributed by atoms with Gasteiger partial charge in [0.25, 0.3) is 11.8 Å². The highest BCUT2D eigenvalue weighted by molar-refractivity contribution is 9.10. The Morgan fingerprint density at radius 2 is 1.71 bits per heavy atom. The minimum absolute atomic E-state index is 0.0601. The van der Waals surface area contributed by atoms with E-state index in [9.17, 15) is 9.59 Å². The summed E-state index contributed by atoms with van der Waals surface area (Å²) in [7, 11) is 1.53. The Kier molecular flexibility index (Phi) is 7.44. The van der Waals surface area contributed by atoms with Crippen molar-refractivity contribution in [3.8, 4) is 5.75 Å². The molecule has 0 radical (unpaired) electrons. The van der Waals surface area contributed by atoms with Crippen molar-refractivity contribution in [3.05, 3.63) is 86.8 Å². The van der Waals surface area contributed by atoms with Crippen LogP contribution in [-0.2, 0) is 0 Å². The van der Waals surface area contributed by atoms with Crippen LogP contribution in [0, 0.1) is 6.92 Å². The Bertz CT molecular complexity index is 1230. The van der Waals surface area contributed by atoms with Crippen molar-refractivity contribution in [2.24, 2.45) is 0 Å². The summed E-state index contributed by atoms with van der Waals surface area (Å²) in [6, 6.07) is 18.4. The first-order chi connectivity index (χ1) is 16.4. The molecule has 1 heterocycles. The number of aryl methyl sites for hydroxylation is 1. The van der Waals surface area contributed by atoms with E-state index in [2.05, 4.69) is 26.1 Å². The molecule has 1 fully saturated rings. The minimum atomic E-state index is -0.287. The molecular formula is C26H25BrClN3O3. The number of hydrogen-bond donors (Lipinski definition) is 1. The molecule has 2 amide bonds.